The van der Waals surface area contributed by atoms with Crippen LogP contribution in [0.4, 0.5) is 0 Å². The summed E-state index contributed by atoms with van der Waals surface area (Å²) in [4.78, 5) is 78.4. The molecule has 20 heteroatoms. The lowest BCUT2D eigenvalue weighted by atomic mass is 10.0. The molecule has 0 aliphatic heterocycles. The Balaban J connectivity index is -0.00000119. The number of thiol groups is 2. The van der Waals surface area contributed by atoms with Crippen LogP contribution in [0.5, 0.6) is 0 Å². The smallest absolute Gasteiger partial charge is 0.326 e. The minimum atomic E-state index is -1.14. The molecule has 0 bridgehead atoms. The first-order chi connectivity index (χ1) is 30.0. The number of unbranched alkanes of at least 4 members (excludes halogenated alkanes) is 12. The van der Waals surface area contributed by atoms with E-state index in [1.807, 2.05) is 20.8 Å². The molecule has 0 radical (unpaired) electrons. The first kappa shape index (κ1) is 63.3. The quantitative estimate of drug-likeness (QED) is 0.0234. The van der Waals surface area contributed by atoms with Crippen molar-refractivity contribution in [3.8, 4) is 0 Å². The lowest BCUT2D eigenvalue weighted by Gasteiger charge is -2.14. The maximum atomic E-state index is 12.1. The van der Waals surface area contributed by atoms with Crippen LogP contribution in [-0.4, -0.2) is 136 Å². The normalized spacial score (nSPS) is 11.4. The molecular weight excluding hydrogens is 847 g/mol. The maximum Gasteiger partial charge on any atom is 0.326 e. The summed E-state index contributed by atoms with van der Waals surface area (Å²) in [5, 5.41) is 28.1. The number of hydrogen-bond acceptors (Lipinski definition) is 13. The molecule has 0 aromatic carbocycles. The highest BCUT2D eigenvalue weighted by atomic mass is 32.1. The summed E-state index contributed by atoms with van der Waals surface area (Å²) in [5.74, 6) is -2.61. The average molecular weight is 928 g/mol. The van der Waals surface area contributed by atoms with E-state index in [0.29, 0.717) is 78.7 Å². The fourth-order valence-electron chi connectivity index (χ4n) is 5.41. The lowest BCUT2D eigenvalue weighted by molar-refractivity contribution is -0.142. The van der Waals surface area contributed by atoms with Gasteiger partial charge in [0.25, 0.3) is 0 Å². The second-order valence-electron chi connectivity index (χ2n) is 13.9. The molecule has 2 unspecified atom stereocenters. The van der Waals surface area contributed by atoms with Crippen molar-refractivity contribution >= 4 is 66.6 Å². The number of aliphatic carboxylic acids is 2. The number of rotatable bonds is 43. The van der Waals surface area contributed by atoms with E-state index >= 15 is 0 Å². The van der Waals surface area contributed by atoms with Gasteiger partial charge in [-0.1, -0.05) is 90.9 Å². The molecule has 2 atom stereocenters. The Hall–Kier alpha value is -3.01. The zero-order valence-electron chi connectivity index (χ0n) is 37.7. The Morgan fingerprint density at radius 1 is 0.565 bits per heavy atom. The van der Waals surface area contributed by atoms with E-state index in [-0.39, 0.29) is 61.2 Å². The van der Waals surface area contributed by atoms with Crippen LogP contribution in [0, 0.1) is 0 Å². The molecule has 0 fully saturated rings. The zero-order valence-corrected chi connectivity index (χ0v) is 39.5. The summed E-state index contributed by atoms with van der Waals surface area (Å²) >= 11 is 7.60. The van der Waals surface area contributed by atoms with Gasteiger partial charge in [0, 0.05) is 45.5 Å². The van der Waals surface area contributed by atoms with Crippen molar-refractivity contribution in [3.63, 3.8) is 0 Å². The highest BCUT2D eigenvalue weighted by Gasteiger charge is 2.21. The predicted octanol–water partition coefficient (Wildman–Crippen LogP) is 4.39. The van der Waals surface area contributed by atoms with Crippen molar-refractivity contribution in [2.45, 2.75) is 155 Å². The predicted molar refractivity (Wildman–Crippen MR) is 245 cm³/mol. The summed E-state index contributed by atoms with van der Waals surface area (Å²) in [6, 6.07) is -1.44. The summed E-state index contributed by atoms with van der Waals surface area (Å²) < 4.78 is 23.3. The largest absolute Gasteiger partial charge is 0.481 e. The number of ether oxygens (including phenoxy) is 4. The van der Waals surface area contributed by atoms with Gasteiger partial charge in [0.1, 0.15) is 12.6 Å². The van der Waals surface area contributed by atoms with Gasteiger partial charge in [-0.25, -0.2) is 4.79 Å². The van der Waals surface area contributed by atoms with Crippen molar-refractivity contribution in [2.24, 2.45) is 0 Å². The number of hydrogen-bond donors (Lipinski definition) is 9. The summed E-state index contributed by atoms with van der Waals surface area (Å²) in [7, 11) is 0. The molecule has 18 nitrogen and oxygen atoms in total. The molecule has 4 amide bonds. The molecule has 0 aromatic rings. The standard InChI is InChI=1S/C27H50N2O8.C13H25N3O5S2.C2H6/c1-2-36-21-22-37-20-19-28-24(30)18-17-23(27(34)35)29-25(31)15-13-11-9-7-5-3-4-6-8-10-12-14-16-26(32)33;17-10-14-5-6-20-7-8-21-9-12(18)15-4-2-1-3-11(16-23)13(19)22;1-2/h23H,2-22H2,1H3,(H,28,30)(H,29,31)(H,32,33)(H,34,35);10-11,16,23H,1-9H2,(H,14,17)(H,15,18)(H,19,22);1-2H3. The Morgan fingerprint density at radius 2 is 1.08 bits per heavy atom. The second kappa shape index (κ2) is 50.6. The van der Waals surface area contributed by atoms with Gasteiger partial charge < -0.3 is 50.4 Å². The fourth-order valence-corrected chi connectivity index (χ4v) is 5.96. The molecule has 0 aliphatic rings. The first-order valence-electron chi connectivity index (χ1n) is 22.4. The Bertz CT molecular complexity index is 1130. The van der Waals surface area contributed by atoms with Gasteiger partial charge in [-0.3, -0.25) is 33.5 Å². The molecule has 0 rings (SSSR count). The second-order valence-corrected chi connectivity index (χ2v) is 14.6. The van der Waals surface area contributed by atoms with Crippen molar-refractivity contribution in [3.05, 3.63) is 0 Å². The Kier molecular flexibility index (Phi) is 51.7. The van der Waals surface area contributed by atoms with Crippen LogP contribution in [-0.2, 0) is 52.5 Å². The van der Waals surface area contributed by atoms with Gasteiger partial charge in [-0.2, -0.15) is 0 Å². The van der Waals surface area contributed by atoms with Crippen molar-refractivity contribution in [1.82, 2.24) is 26.0 Å². The van der Waals surface area contributed by atoms with Gasteiger partial charge in [-0.05, 0) is 45.4 Å². The van der Waals surface area contributed by atoms with Crippen LogP contribution in [0.1, 0.15) is 143 Å². The number of carbonyl (C=O) groups is 7. The van der Waals surface area contributed by atoms with E-state index in [2.05, 4.69) is 51.4 Å². The number of carbonyl (C=O) groups excluding carboxylic acids is 5. The fraction of sp³-hybridized carbons (Fsp3) is 0.833. The van der Waals surface area contributed by atoms with Crippen LogP contribution >= 0.6 is 25.4 Å². The van der Waals surface area contributed by atoms with Gasteiger partial charge >= 0.3 is 11.9 Å². The van der Waals surface area contributed by atoms with Crippen LogP contribution in [0.2, 0.25) is 0 Å². The van der Waals surface area contributed by atoms with Gasteiger partial charge in [0.2, 0.25) is 29.2 Å². The Morgan fingerprint density at radius 3 is 1.60 bits per heavy atom. The minimum Gasteiger partial charge on any atom is -0.481 e. The number of nitrogens with one attached hydrogen (secondary N) is 5. The molecule has 62 heavy (non-hydrogen) atoms. The monoisotopic (exact) mass is 928 g/mol. The summed E-state index contributed by atoms with van der Waals surface area (Å²) in [5.41, 5.74) is 0. The topological polar surface area (TPSA) is 257 Å². The summed E-state index contributed by atoms with van der Waals surface area (Å²) in [6.07, 6.45) is 16.0. The van der Waals surface area contributed by atoms with Crippen LogP contribution < -0.4 is 26.0 Å². The highest BCUT2D eigenvalue weighted by molar-refractivity contribution is 7.96. The molecular formula is C42H81N5O13S2. The molecule has 0 saturated carbocycles. The van der Waals surface area contributed by atoms with Crippen molar-refractivity contribution in [1.29, 1.82) is 0 Å². The number of carboxylic acid groups (broad SMARTS) is 2. The molecule has 0 spiro atoms. The molecule has 0 aliphatic carbocycles. The van der Waals surface area contributed by atoms with Gasteiger partial charge in [0.05, 0.1) is 45.7 Å². The van der Waals surface area contributed by atoms with Crippen LogP contribution in [0.3, 0.4) is 0 Å². The van der Waals surface area contributed by atoms with Crippen LogP contribution in [0.25, 0.3) is 0 Å². The van der Waals surface area contributed by atoms with Crippen LogP contribution in [0.15, 0.2) is 0 Å². The SMILES string of the molecule is CC.CCOCCOCCNC(=O)CCC(NC(=O)CCCCCCCCCCCCCCC(=O)O)C(=O)O.O=CNCCOCCOCC(=O)NCCCCC(NS)C(=O)S. The molecule has 364 valence electrons. The van der Waals surface area contributed by atoms with E-state index in [9.17, 15) is 38.7 Å². The van der Waals surface area contributed by atoms with E-state index in [1.54, 1.807) is 0 Å². The lowest BCUT2D eigenvalue weighted by Crippen LogP contribution is -2.41. The van der Waals surface area contributed by atoms with E-state index in [1.165, 1.54) is 32.1 Å². The maximum absolute atomic E-state index is 12.1. The molecule has 0 heterocycles. The molecule has 7 N–H and O–H groups in total. The minimum absolute atomic E-state index is 0.0148. The number of carboxylic acids is 2. The van der Waals surface area contributed by atoms with Gasteiger partial charge in [-0.15, -0.1) is 12.6 Å². The third kappa shape index (κ3) is 49.6. The summed E-state index contributed by atoms with van der Waals surface area (Å²) in [6.45, 7) is 10.2. The van der Waals surface area contributed by atoms with Gasteiger partial charge in [0.15, 0.2) is 0 Å². The third-order valence-corrected chi connectivity index (χ3v) is 9.38. The first-order valence-corrected chi connectivity index (χ1v) is 23.3. The van der Waals surface area contributed by atoms with Crippen molar-refractivity contribution < 1.29 is 62.7 Å². The van der Waals surface area contributed by atoms with Crippen molar-refractivity contribution in [2.75, 3.05) is 72.5 Å². The number of amides is 4. The molecule has 0 aromatic heterocycles. The van der Waals surface area contributed by atoms with E-state index < -0.39 is 18.0 Å². The Labute approximate surface area is 381 Å². The highest BCUT2D eigenvalue weighted by Crippen LogP contribution is 2.13. The zero-order chi connectivity index (χ0) is 46.9. The van der Waals surface area contributed by atoms with E-state index in [0.717, 1.165) is 57.8 Å². The molecule has 0 saturated heterocycles. The van der Waals surface area contributed by atoms with E-state index in [4.69, 9.17) is 24.1 Å². The average Bonchev–Trinajstić information content (AvgIpc) is 3.24. The third-order valence-electron chi connectivity index (χ3n) is 8.76.